The first-order valence-electron chi connectivity index (χ1n) is 9.23. The maximum atomic E-state index is 12.7. The van der Waals surface area contributed by atoms with E-state index in [1.54, 1.807) is 26.1 Å². The highest BCUT2D eigenvalue weighted by Crippen LogP contribution is 2.27. The molecule has 0 amide bonds. The van der Waals surface area contributed by atoms with Crippen LogP contribution in [0.5, 0.6) is 5.75 Å². The number of halogens is 1. The Morgan fingerprint density at radius 2 is 1.90 bits per heavy atom. The van der Waals surface area contributed by atoms with E-state index in [-0.39, 0.29) is 39.3 Å². The van der Waals surface area contributed by atoms with Crippen LogP contribution in [0.4, 0.5) is 5.69 Å². The molecule has 2 aromatic rings. The summed E-state index contributed by atoms with van der Waals surface area (Å²) in [6.45, 7) is 7.40. The van der Waals surface area contributed by atoms with Crippen LogP contribution in [0, 0.1) is 6.92 Å². The second-order valence-electron chi connectivity index (χ2n) is 6.33. The van der Waals surface area contributed by atoms with Gasteiger partial charge in [-0.2, -0.15) is 0 Å². The third-order valence-electron chi connectivity index (χ3n) is 3.85. The Morgan fingerprint density at radius 1 is 1.23 bits per heavy atom. The van der Waals surface area contributed by atoms with Crippen molar-refractivity contribution in [3.8, 4) is 5.75 Å². The molecule has 0 saturated carbocycles. The van der Waals surface area contributed by atoms with Crippen LogP contribution < -0.4 is 9.46 Å². The van der Waals surface area contributed by atoms with E-state index in [9.17, 15) is 13.2 Å². The highest BCUT2D eigenvalue weighted by Gasteiger charge is 2.19. The molecule has 1 N–H and O–H groups in total. The molecule has 0 atom stereocenters. The van der Waals surface area contributed by atoms with Gasteiger partial charge in [-0.3, -0.25) is 9.71 Å². The number of aryl methyl sites for hydroxylation is 1. The van der Waals surface area contributed by atoms with Crippen molar-refractivity contribution in [3.05, 3.63) is 77.0 Å². The number of carbonyl (C=O) groups excluding carboxylic acids is 1. The molecule has 0 aliphatic rings. The van der Waals surface area contributed by atoms with Crippen molar-refractivity contribution in [2.24, 2.45) is 4.99 Å². The first-order chi connectivity index (χ1) is 14.7. The van der Waals surface area contributed by atoms with Crippen molar-refractivity contribution >= 4 is 39.5 Å². The summed E-state index contributed by atoms with van der Waals surface area (Å²) in [7, 11) is -2.28. The third-order valence-corrected chi connectivity index (χ3v) is 5.45. The van der Waals surface area contributed by atoms with Crippen LogP contribution in [-0.2, 0) is 14.8 Å². The number of esters is 1. The molecule has 0 spiro atoms. The molecule has 0 fully saturated rings. The Hall–Kier alpha value is -3.10. The van der Waals surface area contributed by atoms with E-state index >= 15 is 0 Å². The Kier molecular flexibility index (Phi) is 8.41. The van der Waals surface area contributed by atoms with Gasteiger partial charge in [0.15, 0.2) is 0 Å². The Bertz CT molecular complexity index is 1120. The number of carbonyl (C=O) groups is 1. The molecule has 164 valence electrons. The lowest BCUT2D eigenvalue weighted by Crippen LogP contribution is -2.14. The first-order valence-corrected chi connectivity index (χ1v) is 11.1. The predicted octanol–water partition coefficient (Wildman–Crippen LogP) is 4.69. The van der Waals surface area contributed by atoms with E-state index in [2.05, 4.69) is 16.3 Å². The van der Waals surface area contributed by atoms with Gasteiger partial charge >= 0.3 is 5.97 Å². The van der Waals surface area contributed by atoms with Crippen LogP contribution in [-0.4, -0.2) is 34.3 Å². The van der Waals surface area contributed by atoms with E-state index in [0.717, 1.165) is 5.56 Å². The van der Waals surface area contributed by atoms with E-state index < -0.39 is 16.0 Å². The summed E-state index contributed by atoms with van der Waals surface area (Å²) in [6, 6.07) is 10.6. The van der Waals surface area contributed by atoms with Gasteiger partial charge in [-0.05, 0) is 44.2 Å². The Morgan fingerprint density at radius 3 is 2.52 bits per heavy atom. The summed E-state index contributed by atoms with van der Waals surface area (Å²) in [5, 5.41) is 0.285. The summed E-state index contributed by atoms with van der Waals surface area (Å²) >= 11 is 5.96. The lowest BCUT2D eigenvalue weighted by atomic mass is 10.2. The topological polar surface area (TPSA) is 94.1 Å². The second kappa shape index (κ2) is 10.8. The van der Waals surface area contributed by atoms with E-state index in [0.29, 0.717) is 0 Å². The van der Waals surface area contributed by atoms with Gasteiger partial charge < -0.3 is 9.47 Å². The maximum absolute atomic E-state index is 12.7. The molecule has 9 heteroatoms. The number of anilines is 1. The molecule has 0 aliphatic heterocycles. The minimum atomic E-state index is -3.84. The van der Waals surface area contributed by atoms with Crippen LogP contribution in [0.2, 0.25) is 0 Å². The smallest absolute Gasteiger partial charge is 0.342 e. The standard InChI is InChI=1S/C22H23ClN2O5S/c1-5-29-22(26)20-13-18(25-31(27,28)19-9-6-15(2)7-10-19)8-11-21(20)30-16(3)12-17(23)14-24-4/h6-14,25H,3,5H2,1-2,4H3/b17-12+,24-14?. The number of nitrogens with zero attached hydrogens (tertiary/aromatic N) is 1. The SMILES string of the molecule is C=C(/C=C(/Cl)C=NC)Oc1ccc(NS(=O)(=O)c2ccc(C)cc2)cc1C(=O)OCC. The van der Waals surface area contributed by atoms with Gasteiger partial charge in [0.25, 0.3) is 10.0 Å². The highest BCUT2D eigenvalue weighted by molar-refractivity contribution is 7.92. The molecule has 31 heavy (non-hydrogen) atoms. The van der Waals surface area contributed by atoms with Crippen LogP contribution in [0.15, 0.2) is 75.8 Å². The molecule has 2 rings (SSSR count). The van der Waals surface area contributed by atoms with Crippen molar-refractivity contribution in [1.82, 2.24) is 0 Å². The van der Waals surface area contributed by atoms with Crippen LogP contribution in [0.1, 0.15) is 22.8 Å². The van der Waals surface area contributed by atoms with Crippen molar-refractivity contribution in [3.63, 3.8) is 0 Å². The quantitative estimate of drug-likeness (QED) is 0.252. The molecule has 7 nitrogen and oxygen atoms in total. The summed E-state index contributed by atoms with van der Waals surface area (Å²) in [5.41, 5.74) is 1.14. The fraction of sp³-hybridized carbons (Fsp3) is 0.182. The van der Waals surface area contributed by atoms with Gasteiger partial charge in [0.2, 0.25) is 0 Å². The maximum Gasteiger partial charge on any atom is 0.342 e. The number of ether oxygens (including phenoxy) is 2. The molecule has 0 bridgehead atoms. The minimum absolute atomic E-state index is 0.0285. The summed E-state index contributed by atoms with van der Waals surface area (Å²) in [5.74, 6) is -0.383. The molecule has 0 aromatic heterocycles. The van der Waals surface area contributed by atoms with Crippen LogP contribution in [0.3, 0.4) is 0 Å². The zero-order valence-electron chi connectivity index (χ0n) is 17.4. The molecular weight excluding hydrogens is 440 g/mol. The number of hydrogen-bond donors (Lipinski definition) is 1. The minimum Gasteiger partial charge on any atom is -0.462 e. The summed E-state index contributed by atoms with van der Waals surface area (Å²) in [6.07, 6.45) is 2.84. The van der Waals surface area contributed by atoms with Gasteiger partial charge in [0.05, 0.1) is 16.5 Å². The largest absolute Gasteiger partial charge is 0.462 e. The van der Waals surface area contributed by atoms with Crippen molar-refractivity contribution < 1.29 is 22.7 Å². The highest BCUT2D eigenvalue weighted by atomic mass is 35.5. The Labute approximate surface area is 187 Å². The van der Waals surface area contributed by atoms with Crippen molar-refractivity contribution in [1.29, 1.82) is 0 Å². The van der Waals surface area contributed by atoms with Crippen molar-refractivity contribution in [2.75, 3.05) is 18.4 Å². The molecule has 0 saturated heterocycles. The average Bonchev–Trinajstić information content (AvgIpc) is 2.69. The van der Waals surface area contributed by atoms with Gasteiger partial charge in [-0.1, -0.05) is 35.9 Å². The summed E-state index contributed by atoms with van der Waals surface area (Å²) < 4.78 is 38.5. The van der Waals surface area contributed by atoms with E-state index in [4.69, 9.17) is 21.1 Å². The van der Waals surface area contributed by atoms with Crippen LogP contribution >= 0.6 is 11.6 Å². The number of aliphatic imine (C=N–C) groups is 1. The number of rotatable bonds is 9. The van der Waals surface area contributed by atoms with Gasteiger partial charge in [0.1, 0.15) is 17.1 Å². The molecule has 2 aromatic carbocycles. The Balaban J connectivity index is 2.36. The zero-order valence-corrected chi connectivity index (χ0v) is 19.0. The molecule has 0 aliphatic carbocycles. The van der Waals surface area contributed by atoms with Crippen molar-refractivity contribution in [2.45, 2.75) is 18.7 Å². The molecular formula is C22H23ClN2O5S. The second-order valence-corrected chi connectivity index (χ2v) is 8.45. The van der Waals surface area contributed by atoms with Crippen LogP contribution in [0.25, 0.3) is 0 Å². The lowest BCUT2D eigenvalue weighted by Gasteiger charge is -2.14. The number of sulfonamides is 1. The molecule has 0 heterocycles. The summed E-state index contributed by atoms with van der Waals surface area (Å²) in [4.78, 5) is 16.3. The average molecular weight is 463 g/mol. The molecule has 0 unspecified atom stereocenters. The van der Waals surface area contributed by atoms with Gasteiger partial charge in [-0.25, -0.2) is 13.2 Å². The number of allylic oxidation sites excluding steroid dienone is 2. The third kappa shape index (κ3) is 6.97. The number of nitrogens with one attached hydrogen (secondary N) is 1. The van der Waals surface area contributed by atoms with Gasteiger partial charge in [0, 0.05) is 25.0 Å². The number of hydrogen-bond acceptors (Lipinski definition) is 6. The fourth-order valence-corrected chi connectivity index (χ4v) is 3.74. The molecule has 0 radical (unpaired) electrons. The first kappa shape index (κ1) is 24.2. The zero-order chi connectivity index (χ0) is 23.0. The monoisotopic (exact) mass is 462 g/mol. The van der Waals surface area contributed by atoms with E-state index in [1.165, 1.54) is 42.6 Å². The van der Waals surface area contributed by atoms with E-state index in [1.807, 2.05) is 6.92 Å². The lowest BCUT2D eigenvalue weighted by molar-refractivity contribution is 0.0523. The fourth-order valence-electron chi connectivity index (χ4n) is 2.47. The predicted molar refractivity (Wildman–Crippen MR) is 123 cm³/mol. The number of benzene rings is 2. The van der Waals surface area contributed by atoms with Gasteiger partial charge in [-0.15, -0.1) is 0 Å². The normalized spacial score (nSPS) is 11.9.